The number of non-ortho nitro benzene ring substituents is 1. The molecule has 1 aromatic carbocycles. The molecule has 1 heterocycles. The van der Waals surface area contributed by atoms with E-state index in [0.717, 1.165) is 12.8 Å². The summed E-state index contributed by atoms with van der Waals surface area (Å²) in [6, 6.07) is 3.69. The van der Waals surface area contributed by atoms with Crippen molar-refractivity contribution in [2.24, 2.45) is 5.92 Å². The Balaban J connectivity index is 1.95. The maximum atomic E-state index is 12.4. The van der Waals surface area contributed by atoms with Crippen LogP contribution in [0.25, 0.3) is 0 Å². The van der Waals surface area contributed by atoms with Gasteiger partial charge in [0.1, 0.15) is 5.75 Å². The van der Waals surface area contributed by atoms with Crippen molar-refractivity contribution >= 4 is 17.5 Å². The predicted molar refractivity (Wildman–Crippen MR) is 90.8 cm³/mol. The fourth-order valence-electron chi connectivity index (χ4n) is 2.94. The molecule has 1 aliphatic rings. The number of nitro benzene ring substituents is 1. The van der Waals surface area contributed by atoms with Gasteiger partial charge in [-0.15, -0.1) is 0 Å². The van der Waals surface area contributed by atoms with E-state index in [2.05, 4.69) is 5.32 Å². The number of likely N-dealkylation sites (tertiary alicyclic amines) is 1. The van der Waals surface area contributed by atoms with Crippen LogP contribution in [-0.4, -0.2) is 39.8 Å². The molecule has 1 atom stereocenters. The van der Waals surface area contributed by atoms with Crippen LogP contribution in [-0.2, 0) is 16.1 Å². The van der Waals surface area contributed by atoms with Crippen LogP contribution in [0, 0.1) is 16.0 Å². The summed E-state index contributed by atoms with van der Waals surface area (Å²) in [5, 5.41) is 23.3. The molecular weight excluding hydrogens is 326 g/mol. The van der Waals surface area contributed by atoms with Crippen molar-refractivity contribution in [3.8, 4) is 5.75 Å². The molecule has 25 heavy (non-hydrogen) atoms. The van der Waals surface area contributed by atoms with Gasteiger partial charge in [-0.1, -0.05) is 6.92 Å². The zero-order valence-corrected chi connectivity index (χ0v) is 14.2. The molecule has 1 saturated heterocycles. The highest BCUT2D eigenvalue weighted by atomic mass is 16.6. The third-order valence-electron chi connectivity index (χ3n) is 4.34. The molecule has 0 saturated carbocycles. The number of piperidine rings is 1. The average molecular weight is 349 g/mol. The highest BCUT2D eigenvalue weighted by Gasteiger charge is 2.28. The van der Waals surface area contributed by atoms with Crippen LogP contribution in [0.5, 0.6) is 5.75 Å². The first kappa shape index (κ1) is 18.7. The van der Waals surface area contributed by atoms with E-state index in [-0.39, 0.29) is 41.3 Å². The fourth-order valence-corrected chi connectivity index (χ4v) is 2.94. The molecule has 0 bridgehead atoms. The number of rotatable bonds is 6. The number of hydrogen-bond donors (Lipinski definition) is 2. The number of phenolic OH excluding ortho intramolecular Hbond substituents is 1. The van der Waals surface area contributed by atoms with Gasteiger partial charge in [-0.2, -0.15) is 0 Å². The van der Waals surface area contributed by atoms with Gasteiger partial charge >= 0.3 is 0 Å². The highest BCUT2D eigenvalue weighted by Crippen LogP contribution is 2.23. The number of amides is 2. The SMILES string of the molecule is CCCC(=O)N1CCC[C@@H](C(=O)NCc2cc([N+](=O)[O-])ccc2O)C1. The third-order valence-corrected chi connectivity index (χ3v) is 4.34. The Kier molecular flexibility index (Phi) is 6.32. The van der Waals surface area contributed by atoms with Crippen molar-refractivity contribution in [1.29, 1.82) is 0 Å². The summed E-state index contributed by atoms with van der Waals surface area (Å²) in [5.41, 5.74) is 0.147. The molecule has 2 amide bonds. The minimum absolute atomic E-state index is 0.00571. The van der Waals surface area contributed by atoms with Crippen molar-refractivity contribution in [3.05, 3.63) is 33.9 Å². The van der Waals surface area contributed by atoms with E-state index in [4.69, 9.17) is 0 Å². The Bertz CT molecular complexity index is 662. The number of carbonyl (C=O) groups excluding carboxylic acids is 2. The van der Waals surface area contributed by atoms with E-state index in [1.54, 1.807) is 4.90 Å². The van der Waals surface area contributed by atoms with Gasteiger partial charge in [0.05, 0.1) is 10.8 Å². The normalized spacial score (nSPS) is 17.2. The Morgan fingerprint density at radius 3 is 2.88 bits per heavy atom. The van der Waals surface area contributed by atoms with Crippen LogP contribution in [0.4, 0.5) is 5.69 Å². The Labute approximate surface area is 146 Å². The first-order valence-electron chi connectivity index (χ1n) is 8.44. The Morgan fingerprint density at radius 2 is 2.20 bits per heavy atom. The fraction of sp³-hybridized carbons (Fsp3) is 0.529. The molecule has 0 aromatic heterocycles. The zero-order chi connectivity index (χ0) is 18.4. The minimum atomic E-state index is -0.552. The lowest BCUT2D eigenvalue weighted by Crippen LogP contribution is -2.45. The van der Waals surface area contributed by atoms with Gasteiger partial charge in [-0.3, -0.25) is 19.7 Å². The molecule has 1 fully saturated rings. The van der Waals surface area contributed by atoms with Crippen molar-refractivity contribution in [2.45, 2.75) is 39.2 Å². The van der Waals surface area contributed by atoms with Gasteiger partial charge < -0.3 is 15.3 Å². The Morgan fingerprint density at radius 1 is 1.44 bits per heavy atom. The second-order valence-electron chi connectivity index (χ2n) is 6.22. The molecule has 2 rings (SSSR count). The second-order valence-corrected chi connectivity index (χ2v) is 6.22. The molecule has 0 spiro atoms. The van der Waals surface area contributed by atoms with Gasteiger partial charge in [0.25, 0.3) is 5.69 Å². The molecule has 0 aliphatic carbocycles. The van der Waals surface area contributed by atoms with Gasteiger partial charge in [0.15, 0.2) is 0 Å². The van der Waals surface area contributed by atoms with Crippen molar-refractivity contribution in [3.63, 3.8) is 0 Å². The molecular formula is C17H23N3O5. The van der Waals surface area contributed by atoms with Gasteiger partial charge in [-0.05, 0) is 25.3 Å². The lowest BCUT2D eigenvalue weighted by molar-refractivity contribution is -0.384. The van der Waals surface area contributed by atoms with E-state index in [0.29, 0.717) is 25.9 Å². The van der Waals surface area contributed by atoms with Crippen LogP contribution in [0.1, 0.15) is 38.2 Å². The zero-order valence-electron chi connectivity index (χ0n) is 14.2. The highest BCUT2D eigenvalue weighted by molar-refractivity contribution is 5.81. The molecule has 1 aromatic rings. The van der Waals surface area contributed by atoms with E-state index in [1.165, 1.54) is 18.2 Å². The van der Waals surface area contributed by atoms with Crippen LogP contribution < -0.4 is 5.32 Å². The molecule has 0 unspecified atom stereocenters. The number of aromatic hydroxyl groups is 1. The van der Waals surface area contributed by atoms with E-state index < -0.39 is 4.92 Å². The smallest absolute Gasteiger partial charge is 0.270 e. The molecule has 1 aliphatic heterocycles. The lowest BCUT2D eigenvalue weighted by Gasteiger charge is -2.32. The number of hydrogen-bond acceptors (Lipinski definition) is 5. The van der Waals surface area contributed by atoms with Crippen LogP contribution in [0.2, 0.25) is 0 Å². The van der Waals surface area contributed by atoms with Crippen LogP contribution in [0.15, 0.2) is 18.2 Å². The summed E-state index contributed by atoms with van der Waals surface area (Å²) in [6.07, 6.45) is 2.73. The minimum Gasteiger partial charge on any atom is -0.508 e. The first-order chi connectivity index (χ1) is 11.9. The molecule has 8 nitrogen and oxygen atoms in total. The molecule has 2 N–H and O–H groups in total. The summed E-state index contributed by atoms with van der Waals surface area (Å²) in [4.78, 5) is 36.3. The molecule has 8 heteroatoms. The number of nitrogens with zero attached hydrogens (tertiary/aromatic N) is 2. The first-order valence-corrected chi connectivity index (χ1v) is 8.44. The van der Waals surface area contributed by atoms with Gasteiger partial charge in [-0.25, -0.2) is 0 Å². The van der Waals surface area contributed by atoms with E-state index in [1.807, 2.05) is 6.92 Å². The monoisotopic (exact) mass is 349 g/mol. The number of benzene rings is 1. The standard InChI is InChI=1S/C17H23N3O5/c1-2-4-16(22)19-8-3-5-12(11-19)17(23)18-10-13-9-14(20(24)25)6-7-15(13)21/h6-7,9,12,21H,2-5,8,10-11H2,1H3,(H,18,23)/t12-/m1/s1. The summed E-state index contributed by atoms with van der Waals surface area (Å²) < 4.78 is 0. The molecule has 0 radical (unpaired) electrons. The number of carbonyl (C=O) groups is 2. The lowest BCUT2D eigenvalue weighted by atomic mass is 9.96. The van der Waals surface area contributed by atoms with Crippen molar-refractivity contribution in [1.82, 2.24) is 10.2 Å². The second kappa shape index (κ2) is 8.46. The maximum absolute atomic E-state index is 12.4. The summed E-state index contributed by atoms with van der Waals surface area (Å²) in [6.45, 7) is 3.02. The third kappa shape index (κ3) is 4.91. The van der Waals surface area contributed by atoms with Gasteiger partial charge in [0, 0.05) is 43.8 Å². The quantitative estimate of drug-likeness (QED) is 0.602. The van der Waals surface area contributed by atoms with Crippen molar-refractivity contribution < 1.29 is 19.6 Å². The number of nitro groups is 1. The van der Waals surface area contributed by atoms with Crippen LogP contribution >= 0.6 is 0 Å². The van der Waals surface area contributed by atoms with Gasteiger partial charge in [0.2, 0.25) is 11.8 Å². The number of phenols is 1. The molecule has 136 valence electrons. The summed E-state index contributed by atoms with van der Waals surface area (Å²) in [7, 11) is 0. The topological polar surface area (TPSA) is 113 Å². The summed E-state index contributed by atoms with van der Waals surface area (Å²) in [5.74, 6) is -0.541. The van der Waals surface area contributed by atoms with Crippen molar-refractivity contribution in [2.75, 3.05) is 13.1 Å². The van der Waals surface area contributed by atoms with E-state index >= 15 is 0 Å². The predicted octanol–water partition coefficient (Wildman–Crippen LogP) is 1.96. The maximum Gasteiger partial charge on any atom is 0.270 e. The average Bonchev–Trinajstić information content (AvgIpc) is 2.60. The number of nitrogens with one attached hydrogen (secondary N) is 1. The largest absolute Gasteiger partial charge is 0.508 e. The Hall–Kier alpha value is -2.64. The van der Waals surface area contributed by atoms with Crippen LogP contribution in [0.3, 0.4) is 0 Å². The summed E-state index contributed by atoms with van der Waals surface area (Å²) >= 11 is 0. The van der Waals surface area contributed by atoms with E-state index in [9.17, 15) is 24.8 Å².